The van der Waals surface area contributed by atoms with E-state index in [1.54, 1.807) is 0 Å². The van der Waals surface area contributed by atoms with Crippen molar-refractivity contribution < 1.29 is 14.3 Å². The van der Waals surface area contributed by atoms with Gasteiger partial charge in [0.05, 0.1) is 5.69 Å². The molecular formula is C20H24N2O3S. The minimum absolute atomic E-state index is 0.178. The molecule has 1 N–H and O–H groups in total. The first-order valence-electron chi connectivity index (χ1n) is 8.81. The highest BCUT2D eigenvalue weighted by Crippen LogP contribution is 2.33. The number of nitrogens with zero attached hydrogens (tertiary/aromatic N) is 1. The van der Waals surface area contributed by atoms with E-state index in [2.05, 4.69) is 56.2 Å². The number of hydrogen-bond acceptors (Lipinski definition) is 5. The van der Waals surface area contributed by atoms with Crippen LogP contribution in [0.15, 0.2) is 35.6 Å². The zero-order chi connectivity index (χ0) is 18.7. The average Bonchev–Trinajstić information content (AvgIpc) is 3.10. The number of aromatic nitrogens is 1. The molecule has 6 heteroatoms. The molecule has 0 saturated heterocycles. The first-order valence-corrected chi connectivity index (χ1v) is 9.69. The van der Waals surface area contributed by atoms with Crippen molar-refractivity contribution in [2.24, 2.45) is 0 Å². The summed E-state index contributed by atoms with van der Waals surface area (Å²) in [5.41, 5.74) is 4.57. The summed E-state index contributed by atoms with van der Waals surface area (Å²) in [5.74, 6) is 0.709. The minimum Gasteiger partial charge on any atom is -0.494 e. The van der Waals surface area contributed by atoms with Gasteiger partial charge in [-0.05, 0) is 23.0 Å². The number of ether oxygens (including phenoxy) is 2. The molecule has 1 amide bonds. The van der Waals surface area contributed by atoms with Crippen LogP contribution in [-0.4, -0.2) is 24.1 Å². The highest BCUT2D eigenvalue weighted by Gasteiger charge is 2.18. The zero-order valence-corrected chi connectivity index (χ0v) is 16.4. The van der Waals surface area contributed by atoms with Gasteiger partial charge >= 0.3 is 0 Å². The van der Waals surface area contributed by atoms with Crippen molar-refractivity contribution in [1.82, 2.24) is 4.98 Å². The smallest absolute Gasteiger partial charge is 0.295 e. The van der Waals surface area contributed by atoms with Gasteiger partial charge in [0.2, 0.25) is 5.76 Å². The van der Waals surface area contributed by atoms with Crippen molar-refractivity contribution in [2.75, 3.05) is 18.5 Å². The van der Waals surface area contributed by atoms with Gasteiger partial charge in [-0.1, -0.05) is 45.9 Å². The molecule has 0 bridgehead atoms. The molecule has 1 aliphatic rings. The Labute approximate surface area is 158 Å². The van der Waals surface area contributed by atoms with Crippen LogP contribution in [0.3, 0.4) is 0 Å². The molecule has 0 spiro atoms. The summed E-state index contributed by atoms with van der Waals surface area (Å²) < 4.78 is 10.4. The molecule has 26 heavy (non-hydrogen) atoms. The highest BCUT2D eigenvalue weighted by atomic mass is 32.1. The predicted molar refractivity (Wildman–Crippen MR) is 104 cm³/mol. The van der Waals surface area contributed by atoms with Crippen LogP contribution in [-0.2, 0) is 14.3 Å². The Balaban J connectivity index is 1.83. The third kappa shape index (κ3) is 4.07. The van der Waals surface area contributed by atoms with Gasteiger partial charge in [0.1, 0.15) is 19.5 Å². The molecule has 0 fully saturated rings. The lowest BCUT2D eigenvalue weighted by atomic mass is 9.90. The fourth-order valence-corrected chi connectivity index (χ4v) is 3.46. The van der Waals surface area contributed by atoms with Crippen LogP contribution in [0, 0.1) is 0 Å². The fraction of sp³-hybridized carbons (Fsp3) is 0.400. The molecule has 138 valence electrons. The van der Waals surface area contributed by atoms with E-state index >= 15 is 0 Å². The molecule has 0 saturated carbocycles. The maximum atomic E-state index is 12.2. The largest absolute Gasteiger partial charge is 0.494 e. The standard InChI is InChI=1S/C20H24N2O3S/c1-12(2)14-5-6-15(16(9-14)13(3)4)17-11-26-20(21-17)22-19(23)18-10-24-7-8-25-18/h5-6,9-13H,7-8H2,1-4H3,(H,21,22,23). The summed E-state index contributed by atoms with van der Waals surface area (Å²) in [4.78, 5) is 16.8. The number of thiazole rings is 1. The Morgan fingerprint density at radius 1 is 1.19 bits per heavy atom. The van der Waals surface area contributed by atoms with Gasteiger partial charge in [-0.15, -0.1) is 11.3 Å². The van der Waals surface area contributed by atoms with Gasteiger partial charge in [-0.25, -0.2) is 4.98 Å². The van der Waals surface area contributed by atoms with Crippen LogP contribution in [0.4, 0.5) is 5.13 Å². The van der Waals surface area contributed by atoms with Crippen LogP contribution < -0.4 is 5.32 Å². The molecule has 2 aromatic rings. The molecule has 5 nitrogen and oxygen atoms in total. The quantitative estimate of drug-likeness (QED) is 0.812. The molecule has 1 aliphatic heterocycles. The summed E-state index contributed by atoms with van der Waals surface area (Å²) in [6.45, 7) is 9.60. The molecular weight excluding hydrogens is 348 g/mol. The Hall–Kier alpha value is -2.34. The van der Waals surface area contributed by atoms with Crippen molar-refractivity contribution in [1.29, 1.82) is 0 Å². The van der Waals surface area contributed by atoms with Crippen LogP contribution in [0.25, 0.3) is 11.3 Å². The van der Waals surface area contributed by atoms with Gasteiger partial charge in [0, 0.05) is 10.9 Å². The lowest BCUT2D eigenvalue weighted by molar-refractivity contribution is -0.117. The predicted octanol–water partition coefficient (Wildman–Crippen LogP) is 4.88. The van der Waals surface area contributed by atoms with Crippen LogP contribution in [0.5, 0.6) is 0 Å². The average molecular weight is 372 g/mol. The van der Waals surface area contributed by atoms with E-state index in [0.29, 0.717) is 30.2 Å². The Morgan fingerprint density at radius 2 is 2.00 bits per heavy atom. The van der Waals surface area contributed by atoms with Gasteiger partial charge in [0.25, 0.3) is 5.91 Å². The van der Waals surface area contributed by atoms with E-state index in [9.17, 15) is 4.79 Å². The number of carbonyl (C=O) groups is 1. The second kappa shape index (κ2) is 7.91. The van der Waals surface area contributed by atoms with Gasteiger partial charge < -0.3 is 9.47 Å². The number of hydrogen-bond donors (Lipinski definition) is 1. The second-order valence-electron chi connectivity index (χ2n) is 6.85. The van der Waals surface area contributed by atoms with Gasteiger partial charge in [0.15, 0.2) is 5.13 Å². The number of amides is 1. The highest BCUT2D eigenvalue weighted by molar-refractivity contribution is 7.14. The van der Waals surface area contributed by atoms with Crippen molar-refractivity contribution in [2.45, 2.75) is 39.5 Å². The molecule has 0 aliphatic carbocycles. The first kappa shape index (κ1) is 18.5. The summed E-state index contributed by atoms with van der Waals surface area (Å²) >= 11 is 1.40. The lowest BCUT2D eigenvalue weighted by Crippen LogP contribution is -2.21. The summed E-state index contributed by atoms with van der Waals surface area (Å²) in [7, 11) is 0. The number of anilines is 1. The summed E-state index contributed by atoms with van der Waals surface area (Å²) in [6.07, 6.45) is 1.34. The van der Waals surface area contributed by atoms with E-state index in [4.69, 9.17) is 9.47 Å². The Bertz CT molecular complexity index is 824. The van der Waals surface area contributed by atoms with E-state index in [-0.39, 0.29) is 11.7 Å². The monoisotopic (exact) mass is 372 g/mol. The van der Waals surface area contributed by atoms with Crippen molar-refractivity contribution in [3.63, 3.8) is 0 Å². The van der Waals surface area contributed by atoms with E-state index in [1.165, 1.54) is 28.7 Å². The minimum atomic E-state index is -0.343. The van der Waals surface area contributed by atoms with Crippen LogP contribution >= 0.6 is 11.3 Å². The number of rotatable bonds is 5. The Kier molecular flexibility index (Phi) is 5.61. The Morgan fingerprint density at radius 3 is 2.65 bits per heavy atom. The molecule has 1 aromatic heterocycles. The maximum absolute atomic E-state index is 12.2. The number of nitrogens with one attached hydrogen (secondary N) is 1. The first-order chi connectivity index (χ1) is 12.5. The van der Waals surface area contributed by atoms with Crippen molar-refractivity contribution >= 4 is 22.4 Å². The van der Waals surface area contributed by atoms with Gasteiger partial charge in [-0.2, -0.15) is 0 Å². The van der Waals surface area contributed by atoms with E-state index < -0.39 is 0 Å². The fourth-order valence-electron chi connectivity index (χ4n) is 2.75. The number of carbonyl (C=O) groups excluding carboxylic acids is 1. The van der Waals surface area contributed by atoms with Gasteiger partial charge in [-0.3, -0.25) is 10.1 Å². The van der Waals surface area contributed by atoms with E-state index in [1.807, 2.05) is 5.38 Å². The summed E-state index contributed by atoms with van der Waals surface area (Å²) in [6, 6.07) is 6.55. The van der Waals surface area contributed by atoms with Crippen molar-refractivity contribution in [3.8, 4) is 11.3 Å². The number of benzene rings is 1. The normalized spacial score (nSPS) is 14.0. The van der Waals surface area contributed by atoms with Crippen molar-refractivity contribution in [3.05, 3.63) is 46.7 Å². The van der Waals surface area contributed by atoms with E-state index in [0.717, 1.165) is 11.3 Å². The molecule has 0 radical (unpaired) electrons. The lowest BCUT2D eigenvalue weighted by Gasteiger charge is -2.15. The molecule has 1 aromatic carbocycles. The third-order valence-electron chi connectivity index (χ3n) is 4.24. The third-order valence-corrected chi connectivity index (χ3v) is 5.00. The zero-order valence-electron chi connectivity index (χ0n) is 15.5. The molecule has 0 atom stereocenters. The SMILES string of the molecule is CC(C)c1ccc(-c2csc(NC(=O)C3=COCCO3)n2)c(C(C)C)c1. The van der Waals surface area contributed by atoms with Crippen LogP contribution in [0.2, 0.25) is 0 Å². The molecule has 0 unspecified atom stereocenters. The topological polar surface area (TPSA) is 60.5 Å². The van der Waals surface area contributed by atoms with Crippen LogP contribution in [0.1, 0.15) is 50.7 Å². The summed E-state index contributed by atoms with van der Waals surface area (Å²) in [5, 5.41) is 5.29. The maximum Gasteiger partial charge on any atom is 0.295 e. The second-order valence-corrected chi connectivity index (χ2v) is 7.71. The molecule has 3 rings (SSSR count). The molecule has 2 heterocycles.